The second-order valence-electron chi connectivity index (χ2n) is 6.66. The SMILES string of the molecule is COc1cccc(OC)c1C(=O)NCC1CCN(c2ncccc2C#N)CC1. The molecule has 0 spiro atoms. The molecule has 0 atom stereocenters. The number of carbonyl (C=O) groups excluding carboxylic acids is 1. The molecule has 0 radical (unpaired) electrons. The maximum atomic E-state index is 12.7. The molecule has 0 unspecified atom stereocenters. The van der Waals surface area contributed by atoms with Gasteiger partial charge in [0.1, 0.15) is 28.9 Å². The van der Waals surface area contributed by atoms with E-state index in [1.807, 2.05) is 0 Å². The predicted octanol–water partition coefficient (Wildman–Crippen LogP) is 2.62. The van der Waals surface area contributed by atoms with Crippen molar-refractivity contribution < 1.29 is 14.3 Å². The summed E-state index contributed by atoms with van der Waals surface area (Å²) in [6.45, 7) is 2.20. The number of methoxy groups -OCH3 is 2. The lowest BCUT2D eigenvalue weighted by molar-refractivity contribution is 0.0938. The number of ether oxygens (including phenoxy) is 2. The van der Waals surface area contributed by atoms with E-state index in [1.54, 1.807) is 36.5 Å². The molecule has 1 aliphatic rings. The summed E-state index contributed by atoms with van der Waals surface area (Å²) in [6, 6.07) is 11.0. The molecule has 1 aromatic carbocycles. The number of carbonyl (C=O) groups is 1. The molecule has 1 aliphatic heterocycles. The van der Waals surface area contributed by atoms with Crippen molar-refractivity contribution in [2.24, 2.45) is 5.92 Å². The number of amides is 1. The van der Waals surface area contributed by atoms with Gasteiger partial charge >= 0.3 is 0 Å². The van der Waals surface area contributed by atoms with Gasteiger partial charge in [-0.05, 0) is 43.0 Å². The van der Waals surface area contributed by atoms with E-state index >= 15 is 0 Å². The number of hydrogen-bond donors (Lipinski definition) is 1. The minimum Gasteiger partial charge on any atom is -0.496 e. The van der Waals surface area contributed by atoms with Gasteiger partial charge in [-0.2, -0.15) is 5.26 Å². The van der Waals surface area contributed by atoms with Gasteiger partial charge in [0, 0.05) is 25.8 Å². The largest absolute Gasteiger partial charge is 0.496 e. The van der Waals surface area contributed by atoms with Gasteiger partial charge in [0.25, 0.3) is 5.91 Å². The Morgan fingerprint density at radius 2 is 1.89 bits per heavy atom. The molecule has 7 heteroatoms. The van der Waals surface area contributed by atoms with E-state index in [0.29, 0.717) is 35.1 Å². The van der Waals surface area contributed by atoms with Crippen LogP contribution >= 0.6 is 0 Å². The first-order valence-electron chi connectivity index (χ1n) is 9.27. The third-order valence-electron chi connectivity index (χ3n) is 5.03. The molecule has 7 nitrogen and oxygen atoms in total. The second-order valence-corrected chi connectivity index (χ2v) is 6.66. The molecule has 3 rings (SSSR count). The zero-order valence-corrected chi connectivity index (χ0v) is 16.1. The van der Waals surface area contributed by atoms with Crippen molar-refractivity contribution in [3.8, 4) is 17.6 Å². The van der Waals surface area contributed by atoms with E-state index in [4.69, 9.17) is 9.47 Å². The van der Waals surface area contributed by atoms with Crippen molar-refractivity contribution in [3.63, 3.8) is 0 Å². The Morgan fingerprint density at radius 1 is 1.21 bits per heavy atom. The quantitative estimate of drug-likeness (QED) is 0.829. The Hall–Kier alpha value is -3.27. The molecule has 1 aromatic heterocycles. The zero-order chi connectivity index (χ0) is 19.9. The highest BCUT2D eigenvalue weighted by molar-refractivity contribution is 5.99. The minimum atomic E-state index is -0.201. The van der Waals surface area contributed by atoms with Crippen LogP contribution in [0, 0.1) is 17.2 Å². The fraction of sp³-hybridized carbons (Fsp3) is 0.381. The topological polar surface area (TPSA) is 87.5 Å². The molecule has 28 heavy (non-hydrogen) atoms. The molecule has 1 saturated heterocycles. The lowest BCUT2D eigenvalue weighted by Gasteiger charge is -2.33. The third-order valence-corrected chi connectivity index (χ3v) is 5.03. The average molecular weight is 380 g/mol. The van der Waals surface area contributed by atoms with Gasteiger partial charge < -0.3 is 19.7 Å². The molecule has 146 valence electrons. The summed E-state index contributed by atoms with van der Waals surface area (Å²) in [5.41, 5.74) is 1.01. The Bertz CT molecular complexity index is 848. The molecular formula is C21H24N4O3. The summed E-state index contributed by atoms with van der Waals surface area (Å²) in [5, 5.41) is 12.3. The normalized spacial score (nSPS) is 14.2. The van der Waals surface area contributed by atoms with Crippen LogP contribution in [0.15, 0.2) is 36.5 Å². The van der Waals surface area contributed by atoms with E-state index in [2.05, 4.69) is 21.3 Å². The monoisotopic (exact) mass is 380 g/mol. The number of nitriles is 1. The van der Waals surface area contributed by atoms with Crippen LogP contribution in [0.2, 0.25) is 0 Å². The first-order valence-corrected chi connectivity index (χ1v) is 9.27. The van der Waals surface area contributed by atoms with Crippen LogP contribution in [0.25, 0.3) is 0 Å². The van der Waals surface area contributed by atoms with Crippen molar-refractivity contribution in [2.45, 2.75) is 12.8 Å². The summed E-state index contributed by atoms with van der Waals surface area (Å²) in [7, 11) is 3.07. The Morgan fingerprint density at radius 3 is 2.50 bits per heavy atom. The number of rotatable bonds is 6. The number of nitrogens with zero attached hydrogens (tertiary/aromatic N) is 3. The fourth-order valence-electron chi connectivity index (χ4n) is 3.49. The lowest BCUT2D eigenvalue weighted by Crippen LogP contribution is -2.39. The highest BCUT2D eigenvalue weighted by Crippen LogP contribution is 2.28. The summed E-state index contributed by atoms with van der Waals surface area (Å²) in [5.74, 6) is 1.89. The molecule has 1 fully saturated rings. The standard InChI is InChI=1S/C21H24N4O3/c1-27-17-6-3-7-18(28-2)19(17)21(26)24-14-15-8-11-25(12-9-15)20-16(13-22)5-4-10-23-20/h3-7,10,15H,8-9,11-12,14H2,1-2H3,(H,24,26). The minimum absolute atomic E-state index is 0.201. The molecule has 0 saturated carbocycles. The number of anilines is 1. The number of aromatic nitrogens is 1. The first kappa shape index (κ1) is 19.5. The van der Waals surface area contributed by atoms with E-state index in [-0.39, 0.29) is 5.91 Å². The van der Waals surface area contributed by atoms with Gasteiger partial charge in [-0.1, -0.05) is 6.07 Å². The van der Waals surface area contributed by atoms with E-state index < -0.39 is 0 Å². The summed E-state index contributed by atoms with van der Waals surface area (Å²) in [6.07, 6.45) is 3.55. The second kappa shape index (κ2) is 9.09. The van der Waals surface area contributed by atoms with Crippen LogP contribution in [0.4, 0.5) is 5.82 Å². The highest BCUT2D eigenvalue weighted by atomic mass is 16.5. The fourth-order valence-corrected chi connectivity index (χ4v) is 3.49. The zero-order valence-electron chi connectivity index (χ0n) is 16.1. The summed E-state index contributed by atoms with van der Waals surface area (Å²) < 4.78 is 10.6. The van der Waals surface area contributed by atoms with Crippen LogP contribution in [0.3, 0.4) is 0 Å². The van der Waals surface area contributed by atoms with Crippen molar-refractivity contribution in [3.05, 3.63) is 47.7 Å². The van der Waals surface area contributed by atoms with Crippen LogP contribution < -0.4 is 19.7 Å². The molecule has 1 N–H and O–H groups in total. The Labute approximate surface area is 164 Å². The van der Waals surface area contributed by atoms with Crippen LogP contribution in [0.5, 0.6) is 11.5 Å². The maximum Gasteiger partial charge on any atom is 0.258 e. The predicted molar refractivity (Wildman–Crippen MR) is 106 cm³/mol. The van der Waals surface area contributed by atoms with Crippen molar-refractivity contribution in [2.75, 3.05) is 38.8 Å². The van der Waals surface area contributed by atoms with E-state index in [0.717, 1.165) is 31.7 Å². The van der Waals surface area contributed by atoms with Crippen LogP contribution in [-0.4, -0.2) is 44.7 Å². The summed E-state index contributed by atoms with van der Waals surface area (Å²) >= 11 is 0. The Kier molecular flexibility index (Phi) is 6.33. The smallest absolute Gasteiger partial charge is 0.258 e. The average Bonchev–Trinajstić information content (AvgIpc) is 2.77. The highest BCUT2D eigenvalue weighted by Gasteiger charge is 2.24. The van der Waals surface area contributed by atoms with Gasteiger partial charge in [0.15, 0.2) is 0 Å². The van der Waals surface area contributed by atoms with Crippen molar-refractivity contribution in [1.82, 2.24) is 10.3 Å². The van der Waals surface area contributed by atoms with E-state index in [9.17, 15) is 10.1 Å². The van der Waals surface area contributed by atoms with Crippen molar-refractivity contribution >= 4 is 11.7 Å². The lowest BCUT2D eigenvalue weighted by atomic mass is 9.96. The molecule has 0 aliphatic carbocycles. The van der Waals surface area contributed by atoms with Gasteiger partial charge in [0.05, 0.1) is 19.8 Å². The van der Waals surface area contributed by atoms with Gasteiger partial charge in [0.2, 0.25) is 0 Å². The van der Waals surface area contributed by atoms with Crippen LogP contribution in [0.1, 0.15) is 28.8 Å². The summed E-state index contributed by atoms with van der Waals surface area (Å²) in [4.78, 5) is 19.2. The number of hydrogen-bond acceptors (Lipinski definition) is 6. The van der Waals surface area contributed by atoms with Crippen LogP contribution in [-0.2, 0) is 0 Å². The number of benzene rings is 1. The maximum absolute atomic E-state index is 12.7. The molecule has 1 amide bonds. The number of pyridine rings is 1. The first-order chi connectivity index (χ1) is 13.7. The molecular weight excluding hydrogens is 356 g/mol. The number of piperidine rings is 1. The van der Waals surface area contributed by atoms with E-state index in [1.165, 1.54) is 14.2 Å². The Balaban J connectivity index is 1.58. The number of nitrogens with one attached hydrogen (secondary N) is 1. The van der Waals surface area contributed by atoms with Gasteiger partial charge in [-0.25, -0.2) is 4.98 Å². The molecule has 2 heterocycles. The van der Waals surface area contributed by atoms with Crippen molar-refractivity contribution in [1.29, 1.82) is 5.26 Å². The molecule has 0 bridgehead atoms. The molecule has 2 aromatic rings. The van der Waals surface area contributed by atoms with Gasteiger partial charge in [-0.15, -0.1) is 0 Å². The van der Waals surface area contributed by atoms with Gasteiger partial charge in [-0.3, -0.25) is 4.79 Å². The third kappa shape index (κ3) is 4.17.